The van der Waals surface area contributed by atoms with Crippen LogP contribution in [0.4, 0.5) is 18.9 Å². The van der Waals surface area contributed by atoms with Gasteiger partial charge in [0.05, 0.1) is 16.7 Å². The zero-order chi connectivity index (χ0) is 26.3. The number of hydrogen-bond donors (Lipinski definition) is 3. The monoisotopic (exact) mass is 508 g/mol. The van der Waals surface area contributed by atoms with E-state index in [1.807, 2.05) is 4.90 Å². The summed E-state index contributed by atoms with van der Waals surface area (Å²) >= 11 is 0. The van der Waals surface area contributed by atoms with Gasteiger partial charge in [-0.1, -0.05) is 24.8 Å². The minimum Gasteiger partial charge on any atom is -0.369 e. The molecule has 190 valence electrons. The molecule has 3 aromatic rings. The molecule has 0 spiro atoms. The van der Waals surface area contributed by atoms with E-state index in [0.717, 1.165) is 12.5 Å². The SMILES string of the molecule is C=CC(=O)NC1CCCN(c2ccc(C(F)(F)F)c(C3=C(c4c[nH]c5ccccc45)C(=O)NC3=O)c2)C1. The zero-order valence-electron chi connectivity index (χ0n) is 19.6. The number of para-hydroxylation sites is 1. The lowest BCUT2D eigenvalue weighted by Gasteiger charge is -2.35. The van der Waals surface area contributed by atoms with Crippen LogP contribution in [0.15, 0.2) is 61.3 Å². The Morgan fingerprint density at radius 3 is 2.54 bits per heavy atom. The molecule has 10 heteroatoms. The average molecular weight is 509 g/mol. The van der Waals surface area contributed by atoms with Gasteiger partial charge in [-0.05, 0) is 43.2 Å². The van der Waals surface area contributed by atoms with Crippen LogP contribution in [0, 0.1) is 0 Å². The van der Waals surface area contributed by atoms with Crippen LogP contribution in [0.25, 0.3) is 22.0 Å². The lowest BCUT2D eigenvalue weighted by Crippen LogP contribution is -2.47. The highest BCUT2D eigenvalue weighted by molar-refractivity contribution is 6.50. The van der Waals surface area contributed by atoms with Gasteiger partial charge >= 0.3 is 6.18 Å². The van der Waals surface area contributed by atoms with Gasteiger partial charge in [-0.2, -0.15) is 13.2 Å². The predicted octanol–water partition coefficient (Wildman–Crippen LogP) is 4.02. The number of anilines is 1. The summed E-state index contributed by atoms with van der Waals surface area (Å²) in [6.07, 6.45) is -0.645. The Labute approximate surface area is 210 Å². The van der Waals surface area contributed by atoms with Crippen LogP contribution >= 0.6 is 0 Å². The van der Waals surface area contributed by atoms with E-state index in [9.17, 15) is 27.6 Å². The van der Waals surface area contributed by atoms with Crippen molar-refractivity contribution in [3.05, 3.63) is 78.0 Å². The van der Waals surface area contributed by atoms with Gasteiger partial charge in [0.2, 0.25) is 5.91 Å². The average Bonchev–Trinajstić information content (AvgIpc) is 3.42. The van der Waals surface area contributed by atoms with Crippen molar-refractivity contribution in [3.8, 4) is 0 Å². The zero-order valence-corrected chi connectivity index (χ0v) is 19.6. The number of aromatic nitrogens is 1. The fourth-order valence-corrected chi connectivity index (χ4v) is 5.02. The van der Waals surface area contributed by atoms with Gasteiger partial charge in [0.25, 0.3) is 11.8 Å². The van der Waals surface area contributed by atoms with Crippen molar-refractivity contribution >= 4 is 45.5 Å². The number of fused-ring (bicyclic) bond motifs is 1. The summed E-state index contributed by atoms with van der Waals surface area (Å²) in [5, 5.41) is 5.62. The van der Waals surface area contributed by atoms with Gasteiger partial charge in [-0.15, -0.1) is 0 Å². The second kappa shape index (κ2) is 9.27. The Morgan fingerprint density at radius 2 is 1.81 bits per heavy atom. The van der Waals surface area contributed by atoms with Crippen LogP contribution in [0.5, 0.6) is 0 Å². The molecule has 1 unspecified atom stereocenters. The van der Waals surface area contributed by atoms with Crippen LogP contribution in [0.2, 0.25) is 0 Å². The minimum absolute atomic E-state index is 0.111. The first kappa shape index (κ1) is 24.4. The molecule has 3 N–H and O–H groups in total. The molecule has 0 bridgehead atoms. The van der Waals surface area contributed by atoms with E-state index < -0.39 is 23.6 Å². The summed E-state index contributed by atoms with van der Waals surface area (Å²) in [6, 6.07) is 10.4. The summed E-state index contributed by atoms with van der Waals surface area (Å²) in [5.41, 5.74) is -0.330. The van der Waals surface area contributed by atoms with Gasteiger partial charge < -0.3 is 15.2 Å². The molecule has 7 nitrogen and oxygen atoms in total. The number of halogens is 3. The first-order valence-corrected chi connectivity index (χ1v) is 11.7. The van der Waals surface area contributed by atoms with E-state index in [-0.39, 0.29) is 28.7 Å². The summed E-state index contributed by atoms with van der Waals surface area (Å²) in [6.45, 7) is 4.39. The molecule has 37 heavy (non-hydrogen) atoms. The molecular weight excluding hydrogens is 485 g/mol. The lowest BCUT2D eigenvalue weighted by atomic mass is 9.91. The number of nitrogens with zero attached hydrogens (tertiary/aromatic N) is 1. The Morgan fingerprint density at radius 1 is 1.08 bits per heavy atom. The topological polar surface area (TPSA) is 94.3 Å². The molecule has 2 aromatic carbocycles. The number of aromatic amines is 1. The maximum absolute atomic E-state index is 14.2. The fraction of sp³-hybridized carbons (Fsp3) is 0.222. The number of rotatable bonds is 5. The minimum atomic E-state index is -4.76. The van der Waals surface area contributed by atoms with Crippen molar-refractivity contribution in [2.24, 2.45) is 0 Å². The van der Waals surface area contributed by atoms with Crippen LogP contribution in [-0.2, 0) is 20.6 Å². The summed E-state index contributed by atoms with van der Waals surface area (Å²) in [4.78, 5) is 42.5. The molecule has 2 aliphatic heterocycles. The number of carbonyl (C=O) groups excluding carboxylic acids is 3. The van der Waals surface area contributed by atoms with Crippen LogP contribution in [0.1, 0.15) is 29.5 Å². The first-order valence-electron chi connectivity index (χ1n) is 11.7. The molecule has 3 heterocycles. The largest absolute Gasteiger partial charge is 0.417 e. The molecule has 2 aliphatic rings. The van der Waals surface area contributed by atoms with Crippen molar-refractivity contribution in [2.75, 3.05) is 18.0 Å². The molecule has 1 aromatic heterocycles. The number of imide groups is 1. The maximum Gasteiger partial charge on any atom is 0.417 e. The van der Waals surface area contributed by atoms with Crippen molar-refractivity contribution in [1.29, 1.82) is 0 Å². The molecule has 5 rings (SSSR count). The predicted molar refractivity (Wildman–Crippen MR) is 133 cm³/mol. The highest BCUT2D eigenvalue weighted by Gasteiger charge is 2.40. The second-order valence-corrected chi connectivity index (χ2v) is 9.01. The molecule has 1 fully saturated rings. The molecule has 0 aliphatic carbocycles. The molecule has 1 atom stereocenters. The molecule has 3 amide bonds. The third kappa shape index (κ3) is 4.50. The van der Waals surface area contributed by atoms with Gasteiger partial charge in [0.15, 0.2) is 0 Å². The van der Waals surface area contributed by atoms with E-state index in [1.54, 1.807) is 24.3 Å². The van der Waals surface area contributed by atoms with Crippen molar-refractivity contribution in [1.82, 2.24) is 15.6 Å². The number of amides is 3. The number of hydrogen-bond acceptors (Lipinski definition) is 4. The molecule has 0 saturated carbocycles. The number of alkyl halides is 3. The standard InChI is InChI=1S/C27H23F3N4O3/c1-2-22(35)32-15-6-5-11-34(14-15)16-9-10-20(27(28,29)30)18(12-16)23-24(26(37)33-25(23)36)19-13-31-21-8-4-3-7-17(19)21/h2-4,7-10,12-13,15,31H,1,5-6,11,14H2,(H,32,35)(H,33,36,37). The van der Waals surface area contributed by atoms with E-state index in [4.69, 9.17) is 0 Å². The lowest BCUT2D eigenvalue weighted by molar-refractivity contribution is -0.137. The molecule has 1 saturated heterocycles. The third-order valence-corrected chi connectivity index (χ3v) is 6.69. The normalized spacial score (nSPS) is 18.4. The number of H-pyrrole nitrogens is 1. The number of nitrogens with one attached hydrogen (secondary N) is 3. The number of carbonyl (C=O) groups is 3. The maximum atomic E-state index is 14.2. The van der Waals surface area contributed by atoms with Gasteiger partial charge in [0, 0.05) is 53.0 Å². The van der Waals surface area contributed by atoms with Gasteiger partial charge in [-0.25, -0.2) is 0 Å². The first-order chi connectivity index (χ1) is 17.7. The molecule has 0 radical (unpaired) electrons. The van der Waals surface area contributed by atoms with E-state index in [0.29, 0.717) is 41.7 Å². The van der Waals surface area contributed by atoms with Crippen LogP contribution in [-0.4, -0.2) is 41.8 Å². The quantitative estimate of drug-likeness (QED) is 0.359. The van der Waals surface area contributed by atoms with Crippen molar-refractivity contribution in [2.45, 2.75) is 25.1 Å². The Bertz CT molecular complexity index is 1470. The van der Waals surface area contributed by atoms with E-state index in [2.05, 4.69) is 22.2 Å². The Hall–Kier alpha value is -4.34. The van der Waals surface area contributed by atoms with Crippen LogP contribution in [0.3, 0.4) is 0 Å². The molecular formula is C27H23F3N4O3. The smallest absolute Gasteiger partial charge is 0.369 e. The van der Waals surface area contributed by atoms with E-state index in [1.165, 1.54) is 24.4 Å². The Balaban J connectivity index is 1.65. The number of piperidine rings is 1. The highest BCUT2D eigenvalue weighted by atomic mass is 19.4. The summed E-state index contributed by atoms with van der Waals surface area (Å²) in [7, 11) is 0. The third-order valence-electron chi connectivity index (χ3n) is 6.69. The van der Waals surface area contributed by atoms with E-state index >= 15 is 0 Å². The van der Waals surface area contributed by atoms with Gasteiger partial charge in [0.1, 0.15) is 0 Å². The van der Waals surface area contributed by atoms with Crippen LogP contribution < -0.4 is 15.5 Å². The van der Waals surface area contributed by atoms with Crippen molar-refractivity contribution < 1.29 is 27.6 Å². The van der Waals surface area contributed by atoms with Crippen molar-refractivity contribution in [3.63, 3.8) is 0 Å². The number of benzene rings is 2. The summed E-state index contributed by atoms with van der Waals surface area (Å²) in [5.74, 6) is -1.97. The Kier molecular flexibility index (Phi) is 6.10. The summed E-state index contributed by atoms with van der Waals surface area (Å²) < 4.78 is 42.5. The highest BCUT2D eigenvalue weighted by Crippen LogP contribution is 2.42. The fourth-order valence-electron chi connectivity index (χ4n) is 5.02. The second-order valence-electron chi connectivity index (χ2n) is 9.01. The van der Waals surface area contributed by atoms with Gasteiger partial charge in [-0.3, -0.25) is 19.7 Å².